The van der Waals surface area contributed by atoms with Gasteiger partial charge in [0.15, 0.2) is 0 Å². The highest BCUT2D eigenvalue weighted by molar-refractivity contribution is 7.89. The maximum absolute atomic E-state index is 12.7. The van der Waals surface area contributed by atoms with Crippen LogP contribution in [0.5, 0.6) is 0 Å². The van der Waals surface area contributed by atoms with Gasteiger partial charge < -0.3 is 10.5 Å². The molecule has 2 rings (SSSR count). The van der Waals surface area contributed by atoms with E-state index in [1.165, 1.54) is 10.4 Å². The molecule has 5 nitrogen and oxygen atoms in total. The molecule has 6 heteroatoms. The molecule has 1 heterocycles. The van der Waals surface area contributed by atoms with Crippen molar-refractivity contribution in [3.05, 3.63) is 23.3 Å². The van der Waals surface area contributed by atoms with Gasteiger partial charge in [-0.15, -0.1) is 0 Å². The number of nitrogens with two attached hydrogens (primary N) is 1. The molecule has 1 unspecified atom stereocenters. The molecular weight excluding hydrogens is 264 g/mol. The van der Waals surface area contributed by atoms with Crippen molar-refractivity contribution in [2.45, 2.75) is 31.2 Å². The van der Waals surface area contributed by atoms with E-state index in [1.807, 2.05) is 6.92 Å². The predicted octanol–water partition coefficient (Wildman–Crippen LogP) is 1.30. The molecular formula is C13H20N2O3S. The van der Waals surface area contributed by atoms with E-state index in [-0.39, 0.29) is 6.04 Å². The van der Waals surface area contributed by atoms with Crippen LogP contribution in [0.2, 0.25) is 0 Å². The van der Waals surface area contributed by atoms with Gasteiger partial charge >= 0.3 is 0 Å². The minimum atomic E-state index is -3.52. The maximum atomic E-state index is 12.7. The van der Waals surface area contributed by atoms with Gasteiger partial charge in [-0.25, -0.2) is 8.42 Å². The predicted molar refractivity (Wildman–Crippen MR) is 74.5 cm³/mol. The monoisotopic (exact) mass is 284 g/mol. The summed E-state index contributed by atoms with van der Waals surface area (Å²) in [6, 6.07) is 3.22. The maximum Gasteiger partial charge on any atom is 0.243 e. The molecule has 106 valence electrons. The van der Waals surface area contributed by atoms with Crippen LogP contribution < -0.4 is 5.73 Å². The van der Waals surface area contributed by atoms with Crippen molar-refractivity contribution in [2.24, 2.45) is 0 Å². The Bertz CT molecular complexity index is 578. The lowest BCUT2D eigenvalue weighted by Crippen LogP contribution is -2.37. The zero-order valence-electron chi connectivity index (χ0n) is 11.5. The topological polar surface area (TPSA) is 72.6 Å². The number of nitrogens with zero attached hydrogens (tertiary/aromatic N) is 1. The number of hydrogen-bond donors (Lipinski definition) is 1. The lowest BCUT2D eigenvalue weighted by atomic mass is 10.1. The van der Waals surface area contributed by atoms with Crippen LogP contribution in [0.15, 0.2) is 17.0 Å². The third kappa shape index (κ3) is 2.61. The first-order chi connectivity index (χ1) is 8.84. The van der Waals surface area contributed by atoms with Crippen molar-refractivity contribution in [3.8, 4) is 0 Å². The number of anilines is 1. The number of benzene rings is 1. The summed E-state index contributed by atoms with van der Waals surface area (Å²) in [5.74, 6) is 0. The van der Waals surface area contributed by atoms with Crippen LogP contribution in [0.3, 0.4) is 0 Å². The van der Waals surface area contributed by atoms with Gasteiger partial charge in [0.1, 0.15) is 0 Å². The summed E-state index contributed by atoms with van der Waals surface area (Å²) in [5.41, 5.74) is 7.87. The van der Waals surface area contributed by atoms with E-state index >= 15 is 0 Å². The highest BCUT2D eigenvalue weighted by Crippen LogP contribution is 2.27. The van der Waals surface area contributed by atoms with Crippen LogP contribution >= 0.6 is 0 Å². The molecule has 0 spiro atoms. The van der Waals surface area contributed by atoms with Gasteiger partial charge in [-0.3, -0.25) is 0 Å². The van der Waals surface area contributed by atoms with Crippen LogP contribution in [0, 0.1) is 13.8 Å². The van der Waals surface area contributed by atoms with E-state index in [2.05, 4.69) is 0 Å². The second-order valence-electron chi connectivity index (χ2n) is 5.00. The molecule has 1 aliphatic heterocycles. The molecule has 0 aromatic heterocycles. The number of sulfonamides is 1. The average molecular weight is 284 g/mol. The van der Waals surface area contributed by atoms with Gasteiger partial charge in [0, 0.05) is 19.3 Å². The summed E-state index contributed by atoms with van der Waals surface area (Å²) in [7, 11) is -1.92. The molecule has 1 aromatic carbocycles. The Morgan fingerprint density at radius 1 is 1.37 bits per heavy atom. The number of ether oxygens (including phenoxy) is 1. The summed E-state index contributed by atoms with van der Waals surface area (Å²) < 4.78 is 32.0. The first-order valence-corrected chi connectivity index (χ1v) is 7.70. The molecule has 2 N–H and O–H groups in total. The van der Waals surface area contributed by atoms with Gasteiger partial charge in [0.2, 0.25) is 10.0 Å². The Morgan fingerprint density at radius 2 is 2.05 bits per heavy atom. The number of nitrogen functional groups attached to an aromatic ring is 1. The Balaban J connectivity index is 2.44. The van der Waals surface area contributed by atoms with Gasteiger partial charge in [-0.05, 0) is 43.5 Å². The van der Waals surface area contributed by atoms with E-state index in [0.717, 1.165) is 17.5 Å². The van der Waals surface area contributed by atoms with E-state index in [0.29, 0.717) is 23.8 Å². The fourth-order valence-electron chi connectivity index (χ4n) is 2.28. The highest BCUT2D eigenvalue weighted by Gasteiger charge is 2.31. The van der Waals surface area contributed by atoms with E-state index in [1.54, 1.807) is 20.0 Å². The number of aryl methyl sites for hydroxylation is 1. The number of likely N-dealkylation sites (N-methyl/N-ethyl adjacent to an activating group) is 1. The van der Waals surface area contributed by atoms with E-state index in [4.69, 9.17) is 10.5 Å². The van der Waals surface area contributed by atoms with Crippen LogP contribution in [0.4, 0.5) is 5.69 Å². The van der Waals surface area contributed by atoms with Crippen LogP contribution in [0.25, 0.3) is 0 Å². The lowest BCUT2D eigenvalue weighted by Gasteiger charge is -2.24. The van der Waals surface area contributed by atoms with Crippen molar-refractivity contribution in [1.82, 2.24) is 4.31 Å². The quantitative estimate of drug-likeness (QED) is 0.849. The largest absolute Gasteiger partial charge is 0.399 e. The first kappa shape index (κ1) is 14.3. The van der Waals surface area contributed by atoms with Crippen LogP contribution in [0.1, 0.15) is 17.5 Å². The number of rotatable bonds is 3. The Hall–Kier alpha value is -1.11. The molecule has 1 aromatic rings. The van der Waals surface area contributed by atoms with E-state index in [9.17, 15) is 8.42 Å². The first-order valence-electron chi connectivity index (χ1n) is 6.26. The fourth-order valence-corrected chi connectivity index (χ4v) is 3.98. The van der Waals surface area contributed by atoms with Gasteiger partial charge in [-0.1, -0.05) is 0 Å². The standard InChI is InChI=1S/C13H20N2O3S/c1-9-6-11(14)7-13(10(9)2)19(16,17)15(3)12-4-5-18-8-12/h6-7,12H,4-5,8,14H2,1-3H3. The molecule has 1 atom stereocenters. The van der Waals surface area contributed by atoms with Gasteiger partial charge in [0.25, 0.3) is 0 Å². The summed E-state index contributed by atoms with van der Waals surface area (Å²) in [5, 5.41) is 0. The van der Waals surface area contributed by atoms with E-state index < -0.39 is 10.0 Å². The minimum absolute atomic E-state index is 0.0915. The number of hydrogen-bond acceptors (Lipinski definition) is 4. The van der Waals surface area contributed by atoms with Crippen LogP contribution in [-0.2, 0) is 14.8 Å². The third-order valence-electron chi connectivity index (χ3n) is 3.72. The zero-order chi connectivity index (χ0) is 14.2. The molecule has 0 aliphatic carbocycles. The van der Waals surface area contributed by atoms with Crippen molar-refractivity contribution >= 4 is 15.7 Å². The molecule has 19 heavy (non-hydrogen) atoms. The molecule has 0 bridgehead atoms. The fraction of sp³-hybridized carbons (Fsp3) is 0.538. The minimum Gasteiger partial charge on any atom is -0.399 e. The smallest absolute Gasteiger partial charge is 0.243 e. The second kappa shape index (κ2) is 5.11. The zero-order valence-corrected chi connectivity index (χ0v) is 12.3. The Labute approximate surface area is 114 Å². The highest BCUT2D eigenvalue weighted by atomic mass is 32.2. The lowest BCUT2D eigenvalue weighted by molar-refractivity contribution is 0.181. The Morgan fingerprint density at radius 3 is 2.63 bits per heavy atom. The van der Waals surface area contributed by atoms with Crippen molar-refractivity contribution in [3.63, 3.8) is 0 Å². The Kier molecular flexibility index (Phi) is 3.85. The molecule has 1 fully saturated rings. The second-order valence-corrected chi connectivity index (χ2v) is 6.97. The molecule has 0 saturated carbocycles. The summed E-state index contributed by atoms with van der Waals surface area (Å²) in [6.07, 6.45) is 0.732. The van der Waals surface area contributed by atoms with Gasteiger partial charge in [0.05, 0.1) is 17.5 Å². The van der Waals surface area contributed by atoms with Crippen molar-refractivity contribution < 1.29 is 13.2 Å². The van der Waals surface area contributed by atoms with Crippen LogP contribution in [-0.4, -0.2) is 39.0 Å². The molecule has 0 radical (unpaired) electrons. The van der Waals surface area contributed by atoms with Crippen molar-refractivity contribution in [1.29, 1.82) is 0 Å². The summed E-state index contributed by atoms with van der Waals surface area (Å²) in [6.45, 7) is 4.74. The molecule has 1 aliphatic rings. The summed E-state index contributed by atoms with van der Waals surface area (Å²) >= 11 is 0. The summed E-state index contributed by atoms with van der Waals surface area (Å²) in [4.78, 5) is 0.291. The normalized spacial score (nSPS) is 20.1. The van der Waals surface area contributed by atoms with Crippen molar-refractivity contribution in [2.75, 3.05) is 26.0 Å². The molecule has 0 amide bonds. The SMILES string of the molecule is Cc1cc(N)cc(S(=O)(=O)N(C)C2CCOC2)c1C. The third-order valence-corrected chi connectivity index (χ3v) is 5.76. The van der Waals surface area contributed by atoms with Gasteiger partial charge in [-0.2, -0.15) is 4.31 Å². The average Bonchev–Trinajstić information content (AvgIpc) is 2.86. The molecule has 1 saturated heterocycles.